The molecule has 4 rings (SSSR count). The number of carbonyl (C=O) groups excluding carboxylic acids is 1. The summed E-state index contributed by atoms with van der Waals surface area (Å²) in [5, 5.41) is 0. The molecule has 32 heavy (non-hydrogen) atoms. The normalized spacial score (nSPS) is 19.2. The molecular weight excluding hydrogens is 402 g/mol. The van der Waals surface area contributed by atoms with Gasteiger partial charge < -0.3 is 14.5 Å². The van der Waals surface area contributed by atoms with Crippen LogP contribution in [0, 0.1) is 0 Å². The van der Waals surface area contributed by atoms with Gasteiger partial charge in [0.05, 0.1) is 11.7 Å². The van der Waals surface area contributed by atoms with Crippen molar-refractivity contribution >= 4 is 11.7 Å². The van der Waals surface area contributed by atoms with Crippen molar-refractivity contribution in [3.63, 3.8) is 0 Å². The molecule has 0 unspecified atom stereocenters. The number of rotatable bonds is 6. The van der Waals surface area contributed by atoms with Crippen LogP contribution in [0.3, 0.4) is 0 Å². The fraction of sp³-hybridized carbons (Fsp3) is 0.560. The van der Waals surface area contributed by atoms with Gasteiger partial charge in [0.25, 0.3) is 0 Å². The van der Waals surface area contributed by atoms with E-state index < -0.39 is 0 Å². The fourth-order valence-electron chi connectivity index (χ4n) is 4.78. The molecule has 2 aliphatic rings. The number of nitrogens with zero attached hydrogens (tertiary/aromatic N) is 5. The second-order valence-corrected chi connectivity index (χ2v) is 9.99. The highest BCUT2D eigenvalue weighted by molar-refractivity contribution is 5.74. The fourth-order valence-corrected chi connectivity index (χ4v) is 4.78. The third-order valence-corrected chi connectivity index (χ3v) is 6.21. The van der Waals surface area contributed by atoms with Gasteiger partial charge in [-0.15, -0.1) is 0 Å². The van der Waals surface area contributed by atoms with Crippen molar-refractivity contribution in [2.45, 2.75) is 64.8 Å². The molecule has 0 saturated carbocycles. The number of ether oxygens (including phenoxy) is 1. The van der Waals surface area contributed by atoms with Crippen LogP contribution in [0.5, 0.6) is 5.75 Å². The quantitative estimate of drug-likeness (QED) is 0.689. The lowest BCUT2D eigenvalue weighted by atomic mass is 10.00. The lowest BCUT2D eigenvalue weighted by Crippen LogP contribution is -2.30. The first-order valence-electron chi connectivity index (χ1n) is 11.4. The summed E-state index contributed by atoms with van der Waals surface area (Å²) >= 11 is 0. The van der Waals surface area contributed by atoms with Crippen LogP contribution in [0.4, 0.5) is 5.82 Å². The summed E-state index contributed by atoms with van der Waals surface area (Å²) in [6, 6.07) is 8.52. The Morgan fingerprint density at radius 2 is 1.97 bits per heavy atom. The van der Waals surface area contributed by atoms with Crippen LogP contribution in [-0.2, 0) is 24.3 Å². The number of likely N-dealkylation sites (tertiary alicyclic amines) is 1. The Morgan fingerprint density at radius 1 is 1.19 bits per heavy atom. The van der Waals surface area contributed by atoms with E-state index in [1.54, 1.807) is 6.92 Å². The van der Waals surface area contributed by atoms with Gasteiger partial charge in [0.1, 0.15) is 17.2 Å². The standard InChI is InChI=1S/C25H35N5O2/c1-17(31)30-11-7-8-21(30)24-26-20(13-23(27-24)28(4)5)16-29(6)15-18-9-10-22-19(12-18)14-25(2,3)32-22/h9-10,12-13,21H,7-8,11,14-16H2,1-6H3/t21-/m0/s1. The maximum Gasteiger partial charge on any atom is 0.220 e. The zero-order valence-electron chi connectivity index (χ0n) is 20.2. The number of amides is 1. The molecule has 1 atom stereocenters. The highest BCUT2D eigenvalue weighted by Gasteiger charge is 2.31. The van der Waals surface area contributed by atoms with Crippen molar-refractivity contribution in [2.75, 3.05) is 32.6 Å². The van der Waals surface area contributed by atoms with E-state index in [-0.39, 0.29) is 17.6 Å². The molecule has 7 nitrogen and oxygen atoms in total. The minimum atomic E-state index is -0.124. The lowest BCUT2D eigenvalue weighted by Gasteiger charge is -2.24. The molecule has 0 radical (unpaired) electrons. The maximum atomic E-state index is 12.1. The third-order valence-electron chi connectivity index (χ3n) is 6.21. The molecule has 2 aromatic rings. The maximum absolute atomic E-state index is 12.1. The predicted molar refractivity (Wildman–Crippen MR) is 126 cm³/mol. The topological polar surface area (TPSA) is 61.8 Å². The zero-order valence-corrected chi connectivity index (χ0v) is 20.2. The first-order chi connectivity index (χ1) is 15.1. The Hall–Kier alpha value is -2.67. The molecule has 0 aliphatic carbocycles. The van der Waals surface area contributed by atoms with Crippen molar-refractivity contribution in [3.05, 3.63) is 46.9 Å². The summed E-state index contributed by atoms with van der Waals surface area (Å²) in [4.78, 5) is 27.9. The van der Waals surface area contributed by atoms with E-state index in [2.05, 4.69) is 44.0 Å². The molecule has 1 aromatic heterocycles. The van der Waals surface area contributed by atoms with Crippen molar-refractivity contribution in [2.24, 2.45) is 0 Å². The molecule has 172 valence electrons. The Balaban J connectivity index is 1.51. The SMILES string of the molecule is CC(=O)N1CCC[C@H]1c1nc(CN(C)Cc2ccc3c(c2)CC(C)(C)O3)cc(N(C)C)n1. The van der Waals surface area contributed by atoms with Gasteiger partial charge in [-0.3, -0.25) is 9.69 Å². The monoisotopic (exact) mass is 437 g/mol. The number of anilines is 1. The molecule has 1 amide bonds. The minimum Gasteiger partial charge on any atom is -0.487 e. The van der Waals surface area contributed by atoms with Gasteiger partial charge in [-0.05, 0) is 50.9 Å². The first-order valence-corrected chi connectivity index (χ1v) is 11.4. The van der Waals surface area contributed by atoms with E-state index in [1.165, 1.54) is 11.1 Å². The number of hydrogen-bond acceptors (Lipinski definition) is 6. The average Bonchev–Trinajstić information content (AvgIpc) is 3.30. The average molecular weight is 438 g/mol. The molecule has 0 bridgehead atoms. The van der Waals surface area contributed by atoms with Gasteiger partial charge in [-0.25, -0.2) is 9.97 Å². The van der Waals surface area contributed by atoms with Crippen molar-refractivity contribution < 1.29 is 9.53 Å². The minimum absolute atomic E-state index is 0.0310. The summed E-state index contributed by atoms with van der Waals surface area (Å²) in [7, 11) is 6.10. The van der Waals surface area contributed by atoms with Crippen LogP contribution < -0.4 is 9.64 Å². The van der Waals surface area contributed by atoms with E-state index in [4.69, 9.17) is 14.7 Å². The van der Waals surface area contributed by atoms with Crippen molar-refractivity contribution in [1.82, 2.24) is 19.8 Å². The Morgan fingerprint density at radius 3 is 2.69 bits per heavy atom. The summed E-state index contributed by atoms with van der Waals surface area (Å²) in [5.74, 6) is 2.73. The number of fused-ring (bicyclic) bond motifs is 1. The van der Waals surface area contributed by atoms with Gasteiger partial charge in [0.2, 0.25) is 5.91 Å². The Labute approximate surface area is 191 Å². The van der Waals surface area contributed by atoms with E-state index in [0.717, 1.165) is 55.4 Å². The Bertz CT molecular complexity index is 1000. The van der Waals surface area contributed by atoms with E-state index in [9.17, 15) is 4.79 Å². The number of aromatic nitrogens is 2. The summed E-state index contributed by atoms with van der Waals surface area (Å²) in [5.41, 5.74) is 3.40. The van der Waals surface area contributed by atoms with Crippen molar-refractivity contribution in [3.8, 4) is 5.75 Å². The van der Waals surface area contributed by atoms with Gasteiger partial charge in [-0.2, -0.15) is 0 Å². The molecule has 1 aromatic carbocycles. The molecule has 2 aliphatic heterocycles. The zero-order chi connectivity index (χ0) is 23.0. The second kappa shape index (κ2) is 8.70. The van der Waals surface area contributed by atoms with Gasteiger partial charge in [-0.1, -0.05) is 12.1 Å². The molecule has 3 heterocycles. The highest BCUT2D eigenvalue weighted by Crippen LogP contribution is 2.35. The summed E-state index contributed by atoms with van der Waals surface area (Å²) < 4.78 is 6.01. The van der Waals surface area contributed by atoms with Crippen LogP contribution in [0.25, 0.3) is 0 Å². The molecule has 7 heteroatoms. The number of carbonyl (C=O) groups is 1. The third kappa shape index (κ3) is 4.88. The number of hydrogen-bond donors (Lipinski definition) is 0. The lowest BCUT2D eigenvalue weighted by molar-refractivity contribution is -0.129. The van der Waals surface area contributed by atoms with Crippen molar-refractivity contribution in [1.29, 1.82) is 0 Å². The van der Waals surface area contributed by atoms with Crippen LogP contribution in [0.1, 0.15) is 62.3 Å². The largest absolute Gasteiger partial charge is 0.487 e. The summed E-state index contributed by atoms with van der Waals surface area (Å²) in [6.45, 7) is 8.21. The molecule has 0 spiro atoms. The first kappa shape index (κ1) is 22.5. The highest BCUT2D eigenvalue weighted by atomic mass is 16.5. The Kier molecular flexibility index (Phi) is 6.12. The van der Waals surface area contributed by atoms with E-state index in [1.807, 2.05) is 30.0 Å². The van der Waals surface area contributed by atoms with E-state index >= 15 is 0 Å². The number of benzene rings is 1. The van der Waals surface area contributed by atoms with Crippen LogP contribution in [-0.4, -0.2) is 59.0 Å². The van der Waals surface area contributed by atoms with Crippen LogP contribution in [0.15, 0.2) is 24.3 Å². The van der Waals surface area contributed by atoms with Gasteiger partial charge in [0, 0.05) is 53.1 Å². The van der Waals surface area contributed by atoms with E-state index in [0.29, 0.717) is 6.54 Å². The summed E-state index contributed by atoms with van der Waals surface area (Å²) in [6.07, 6.45) is 2.85. The molecule has 0 N–H and O–H groups in total. The van der Waals surface area contributed by atoms with Crippen LogP contribution in [0.2, 0.25) is 0 Å². The van der Waals surface area contributed by atoms with Gasteiger partial charge in [0.15, 0.2) is 5.82 Å². The predicted octanol–water partition coefficient (Wildman–Crippen LogP) is 3.57. The molecule has 1 saturated heterocycles. The molecular formula is C25H35N5O2. The van der Waals surface area contributed by atoms with Crippen LogP contribution >= 0.6 is 0 Å². The molecule has 1 fully saturated rings. The smallest absolute Gasteiger partial charge is 0.220 e. The van der Waals surface area contributed by atoms with Gasteiger partial charge >= 0.3 is 0 Å². The second-order valence-electron chi connectivity index (χ2n) is 9.99.